The van der Waals surface area contributed by atoms with Gasteiger partial charge in [0.25, 0.3) is 0 Å². The molecule has 0 aliphatic heterocycles. The molecule has 0 aromatic heterocycles. The van der Waals surface area contributed by atoms with Crippen molar-refractivity contribution < 1.29 is 10.2 Å². The van der Waals surface area contributed by atoms with Crippen LogP contribution in [0.25, 0.3) is 10.8 Å². The molecule has 0 unspecified atom stereocenters. The van der Waals surface area contributed by atoms with Crippen LogP contribution in [-0.2, 0) is 12.8 Å². The van der Waals surface area contributed by atoms with Gasteiger partial charge in [-0.2, -0.15) is 0 Å². The molecule has 0 saturated carbocycles. The van der Waals surface area contributed by atoms with E-state index < -0.39 is 0 Å². The monoisotopic (exact) mass is 243 g/mol. The number of nitrogens with zero attached hydrogens (tertiary/aromatic N) is 1. The first-order valence-corrected chi connectivity index (χ1v) is 6.05. The molecule has 0 atom stereocenters. The number of rotatable bonds is 1. The fourth-order valence-corrected chi connectivity index (χ4v) is 2.80. The first-order chi connectivity index (χ1) is 8.74. The second kappa shape index (κ2) is 3.98. The van der Waals surface area contributed by atoms with Gasteiger partial charge in [-0.05, 0) is 36.9 Å². The summed E-state index contributed by atoms with van der Waals surface area (Å²) >= 11 is 0. The summed E-state index contributed by atoms with van der Waals surface area (Å²) in [5, 5.41) is 24.4. The molecular formula is C14H13NO3. The fourth-order valence-electron chi connectivity index (χ4n) is 2.80. The van der Waals surface area contributed by atoms with Gasteiger partial charge in [-0.1, -0.05) is 12.1 Å². The summed E-state index contributed by atoms with van der Waals surface area (Å²) in [6.45, 7) is 0. The molecule has 92 valence electrons. The van der Waals surface area contributed by atoms with Crippen molar-refractivity contribution in [2.75, 3.05) is 0 Å². The molecule has 0 amide bonds. The standard InChI is InChI=1S/C14H13NO3/c16-13-8-4-1-2-5-9(8)14(17)12-10(13)6-3-7-11(12)15-18/h3,6-7,16-17H,1-2,4-5H2. The van der Waals surface area contributed by atoms with Crippen molar-refractivity contribution in [3.63, 3.8) is 0 Å². The molecule has 0 radical (unpaired) electrons. The van der Waals surface area contributed by atoms with E-state index in [-0.39, 0.29) is 17.2 Å². The molecule has 3 rings (SSSR count). The van der Waals surface area contributed by atoms with Crippen molar-refractivity contribution in [3.8, 4) is 11.5 Å². The van der Waals surface area contributed by atoms with E-state index in [1.165, 1.54) is 0 Å². The summed E-state index contributed by atoms with van der Waals surface area (Å²) in [5.41, 5.74) is 1.75. The molecule has 18 heavy (non-hydrogen) atoms. The summed E-state index contributed by atoms with van der Waals surface area (Å²) < 4.78 is 0. The average Bonchev–Trinajstić information content (AvgIpc) is 2.44. The van der Waals surface area contributed by atoms with Gasteiger partial charge in [-0.25, -0.2) is 0 Å². The number of phenolic OH excluding ortho intramolecular Hbond substituents is 2. The Morgan fingerprint density at radius 3 is 2.33 bits per heavy atom. The summed E-state index contributed by atoms with van der Waals surface area (Å²) in [4.78, 5) is 10.8. The summed E-state index contributed by atoms with van der Waals surface area (Å²) in [7, 11) is 0. The Hall–Kier alpha value is -2.10. The lowest BCUT2D eigenvalue weighted by atomic mass is 9.87. The van der Waals surface area contributed by atoms with Crippen molar-refractivity contribution in [1.29, 1.82) is 0 Å². The van der Waals surface area contributed by atoms with Crippen LogP contribution in [0.15, 0.2) is 23.4 Å². The largest absolute Gasteiger partial charge is 0.507 e. The highest BCUT2D eigenvalue weighted by Gasteiger charge is 2.22. The molecule has 0 bridgehead atoms. The molecule has 0 heterocycles. The number of benzene rings is 2. The van der Waals surface area contributed by atoms with E-state index in [1.54, 1.807) is 18.2 Å². The Kier molecular flexibility index (Phi) is 2.44. The van der Waals surface area contributed by atoms with Crippen LogP contribution in [0, 0.1) is 4.91 Å². The van der Waals surface area contributed by atoms with E-state index >= 15 is 0 Å². The second-order valence-corrected chi connectivity index (χ2v) is 4.65. The van der Waals surface area contributed by atoms with Crippen LogP contribution >= 0.6 is 0 Å². The Morgan fingerprint density at radius 2 is 1.67 bits per heavy atom. The van der Waals surface area contributed by atoms with Gasteiger partial charge in [-0.3, -0.25) is 0 Å². The van der Waals surface area contributed by atoms with Gasteiger partial charge in [0, 0.05) is 16.5 Å². The van der Waals surface area contributed by atoms with Gasteiger partial charge in [0.15, 0.2) is 0 Å². The third-order valence-electron chi connectivity index (χ3n) is 3.67. The first kappa shape index (κ1) is 11.0. The summed E-state index contributed by atoms with van der Waals surface area (Å²) in [6, 6.07) is 4.91. The van der Waals surface area contributed by atoms with Crippen molar-refractivity contribution >= 4 is 16.5 Å². The Morgan fingerprint density at radius 1 is 1.00 bits per heavy atom. The van der Waals surface area contributed by atoms with Crippen LogP contribution in [0.1, 0.15) is 24.0 Å². The number of hydrogen-bond donors (Lipinski definition) is 2. The van der Waals surface area contributed by atoms with Crippen molar-refractivity contribution in [2.24, 2.45) is 5.18 Å². The van der Waals surface area contributed by atoms with Crippen LogP contribution in [0.5, 0.6) is 11.5 Å². The highest BCUT2D eigenvalue weighted by molar-refractivity contribution is 6.02. The van der Waals surface area contributed by atoms with Crippen molar-refractivity contribution in [3.05, 3.63) is 34.2 Å². The van der Waals surface area contributed by atoms with E-state index in [2.05, 4.69) is 5.18 Å². The maximum atomic E-state index is 10.8. The number of phenols is 2. The lowest BCUT2D eigenvalue weighted by Crippen LogP contribution is -2.03. The first-order valence-electron chi connectivity index (χ1n) is 6.05. The second-order valence-electron chi connectivity index (χ2n) is 4.65. The zero-order valence-electron chi connectivity index (χ0n) is 9.81. The third kappa shape index (κ3) is 1.38. The van der Waals surface area contributed by atoms with Crippen molar-refractivity contribution in [2.45, 2.75) is 25.7 Å². The lowest BCUT2D eigenvalue weighted by molar-refractivity contribution is 0.449. The Bertz CT molecular complexity index is 649. The maximum absolute atomic E-state index is 10.8. The SMILES string of the molecule is O=Nc1cccc2c(O)c3c(c(O)c12)CCCC3. The predicted molar refractivity (Wildman–Crippen MR) is 69.4 cm³/mol. The number of hydrogen-bond acceptors (Lipinski definition) is 4. The van der Waals surface area contributed by atoms with Crippen molar-refractivity contribution in [1.82, 2.24) is 0 Å². The van der Waals surface area contributed by atoms with Crippen LogP contribution in [0.3, 0.4) is 0 Å². The Balaban J connectivity index is 2.48. The highest BCUT2D eigenvalue weighted by Crippen LogP contribution is 2.46. The fraction of sp³-hybridized carbons (Fsp3) is 0.286. The van der Waals surface area contributed by atoms with E-state index in [0.29, 0.717) is 10.8 Å². The van der Waals surface area contributed by atoms with E-state index in [9.17, 15) is 15.1 Å². The molecule has 4 heteroatoms. The lowest BCUT2D eigenvalue weighted by Gasteiger charge is -2.20. The van der Waals surface area contributed by atoms with E-state index in [0.717, 1.165) is 36.8 Å². The molecule has 4 nitrogen and oxygen atoms in total. The molecule has 2 N–H and O–H groups in total. The number of nitroso groups, excluding NO2 is 1. The third-order valence-corrected chi connectivity index (χ3v) is 3.67. The number of aromatic hydroxyl groups is 2. The average molecular weight is 243 g/mol. The van der Waals surface area contributed by atoms with Crippen LogP contribution in [-0.4, -0.2) is 10.2 Å². The minimum absolute atomic E-state index is 0.104. The molecule has 1 aliphatic carbocycles. The Labute approximate surface area is 104 Å². The van der Waals surface area contributed by atoms with E-state index in [4.69, 9.17) is 0 Å². The quantitative estimate of drug-likeness (QED) is 0.594. The number of fused-ring (bicyclic) bond motifs is 2. The topological polar surface area (TPSA) is 69.9 Å². The summed E-state index contributed by atoms with van der Waals surface area (Å²) in [6.07, 6.45) is 3.50. The highest BCUT2D eigenvalue weighted by atomic mass is 16.3. The van der Waals surface area contributed by atoms with Gasteiger partial charge < -0.3 is 10.2 Å². The van der Waals surface area contributed by atoms with Gasteiger partial charge in [0.2, 0.25) is 0 Å². The maximum Gasteiger partial charge on any atom is 0.129 e. The van der Waals surface area contributed by atoms with E-state index in [1.807, 2.05) is 0 Å². The molecule has 2 aromatic carbocycles. The zero-order chi connectivity index (χ0) is 12.7. The minimum atomic E-state index is 0.104. The van der Waals surface area contributed by atoms with Gasteiger partial charge in [0.05, 0.1) is 5.39 Å². The zero-order valence-corrected chi connectivity index (χ0v) is 9.81. The summed E-state index contributed by atoms with van der Waals surface area (Å²) in [5.74, 6) is 0.288. The van der Waals surface area contributed by atoms with Gasteiger partial charge in [0.1, 0.15) is 17.2 Å². The van der Waals surface area contributed by atoms with Crippen LogP contribution < -0.4 is 0 Å². The van der Waals surface area contributed by atoms with Gasteiger partial charge in [-0.15, -0.1) is 4.91 Å². The molecule has 1 aliphatic rings. The molecule has 0 spiro atoms. The molecular weight excluding hydrogens is 230 g/mol. The molecule has 0 fully saturated rings. The normalized spacial score (nSPS) is 14.4. The minimum Gasteiger partial charge on any atom is -0.507 e. The smallest absolute Gasteiger partial charge is 0.129 e. The predicted octanol–water partition coefficient (Wildman–Crippen LogP) is 3.53. The van der Waals surface area contributed by atoms with Gasteiger partial charge >= 0.3 is 0 Å². The molecule has 2 aromatic rings. The molecule has 0 saturated heterocycles. The van der Waals surface area contributed by atoms with Crippen LogP contribution in [0.4, 0.5) is 5.69 Å². The van der Waals surface area contributed by atoms with Crippen LogP contribution in [0.2, 0.25) is 0 Å².